The summed E-state index contributed by atoms with van der Waals surface area (Å²) in [5.41, 5.74) is 2.71. The molecule has 1 heterocycles. The van der Waals surface area contributed by atoms with Crippen LogP contribution >= 0.6 is 0 Å². The van der Waals surface area contributed by atoms with Gasteiger partial charge < -0.3 is 33.2 Å². The van der Waals surface area contributed by atoms with Gasteiger partial charge in [0.1, 0.15) is 11.1 Å². The number of benzene rings is 2. The third-order valence-corrected chi connectivity index (χ3v) is 6.62. The third kappa shape index (κ3) is 10.1. The average Bonchev–Trinajstić information content (AvgIpc) is 2.99. The lowest BCUT2D eigenvalue weighted by Gasteiger charge is -2.20. The van der Waals surface area contributed by atoms with Crippen molar-refractivity contribution < 1.29 is 28.2 Å². The second kappa shape index (κ2) is 17.3. The highest BCUT2D eigenvalue weighted by atomic mass is 16.6. The number of likely N-dealkylation sites (N-methyl/N-ethyl adjacent to an activating group) is 1. The van der Waals surface area contributed by atoms with Gasteiger partial charge in [-0.25, -0.2) is 4.79 Å². The monoisotopic (exact) mass is 566 g/mol. The van der Waals surface area contributed by atoms with Crippen molar-refractivity contribution in [3.05, 3.63) is 76.2 Å². The largest absolute Gasteiger partial charge is 0.422 e. The molecule has 2 aromatic carbocycles. The second-order valence-electron chi connectivity index (χ2n) is 9.38. The lowest BCUT2D eigenvalue weighted by Crippen LogP contribution is -2.23. The van der Waals surface area contributed by atoms with Crippen molar-refractivity contribution in [3.63, 3.8) is 0 Å². The maximum absolute atomic E-state index is 12.8. The molecule has 0 spiro atoms. The number of carbonyl (C=O) groups excluding carboxylic acids is 1. The second-order valence-corrected chi connectivity index (χ2v) is 9.38. The minimum Gasteiger partial charge on any atom is -0.422 e. The number of methoxy groups -OCH3 is 1. The molecule has 0 fully saturated rings. The first-order valence-corrected chi connectivity index (χ1v) is 14.1. The fraction of sp³-hybridized carbons (Fsp3) is 0.438. The zero-order valence-electron chi connectivity index (χ0n) is 24.6. The molecule has 0 aliphatic carbocycles. The fourth-order valence-corrected chi connectivity index (χ4v) is 4.17. The topological polar surface area (TPSA) is 90.7 Å². The number of fused-ring (bicyclic) bond motifs is 1. The maximum Gasteiger partial charge on any atom is 0.347 e. The molecule has 0 saturated carbocycles. The smallest absolute Gasteiger partial charge is 0.347 e. The SMILES string of the molecule is CCN(CC)c1ccc2cc(C(=O)/C=C/c3ccc(N(C)CCOCCOCCOCCOC)cc3)c(=O)oc2c1. The minimum absolute atomic E-state index is 0.0153. The summed E-state index contributed by atoms with van der Waals surface area (Å²) in [4.78, 5) is 29.6. The van der Waals surface area contributed by atoms with Gasteiger partial charge in [-0.3, -0.25) is 4.79 Å². The predicted octanol–water partition coefficient (Wildman–Crippen LogP) is 4.67. The Morgan fingerprint density at radius 2 is 1.44 bits per heavy atom. The Bertz CT molecular complexity index is 1300. The van der Waals surface area contributed by atoms with E-state index in [1.165, 1.54) is 6.08 Å². The highest BCUT2D eigenvalue weighted by molar-refractivity contribution is 6.07. The van der Waals surface area contributed by atoms with Gasteiger partial charge in [0.15, 0.2) is 5.78 Å². The molecular formula is C32H42N2O7. The first-order chi connectivity index (χ1) is 20.0. The van der Waals surface area contributed by atoms with E-state index in [0.717, 1.165) is 36.6 Å². The van der Waals surface area contributed by atoms with Crippen LogP contribution in [0.15, 0.2) is 63.8 Å². The van der Waals surface area contributed by atoms with Crippen LogP contribution in [-0.2, 0) is 18.9 Å². The molecule has 0 radical (unpaired) electrons. The van der Waals surface area contributed by atoms with Crippen LogP contribution in [-0.4, -0.2) is 85.8 Å². The molecule has 0 atom stereocenters. The summed E-state index contributed by atoms with van der Waals surface area (Å²) in [5, 5.41) is 0.712. The molecule has 1 aromatic heterocycles. The highest BCUT2D eigenvalue weighted by Gasteiger charge is 2.13. The van der Waals surface area contributed by atoms with Gasteiger partial charge in [-0.05, 0) is 55.8 Å². The molecule has 222 valence electrons. The van der Waals surface area contributed by atoms with Gasteiger partial charge in [-0.2, -0.15) is 0 Å². The van der Waals surface area contributed by atoms with Crippen molar-refractivity contribution in [2.24, 2.45) is 0 Å². The molecule has 9 nitrogen and oxygen atoms in total. The van der Waals surface area contributed by atoms with Crippen LogP contribution in [0.2, 0.25) is 0 Å². The van der Waals surface area contributed by atoms with E-state index < -0.39 is 11.4 Å². The Morgan fingerprint density at radius 1 is 0.829 bits per heavy atom. The van der Waals surface area contributed by atoms with Crippen LogP contribution in [0, 0.1) is 0 Å². The van der Waals surface area contributed by atoms with Crippen LogP contribution in [0.5, 0.6) is 0 Å². The standard InChI is InChI=1S/C32H42N2O7/c1-5-34(6-2)28-13-10-26-23-29(32(36)41-31(26)24-28)30(35)14-9-25-7-11-27(12-8-25)33(3)15-16-38-19-20-40-22-21-39-18-17-37-4/h7-14,23-24H,5-6,15-22H2,1-4H3/b14-9+. The molecule has 41 heavy (non-hydrogen) atoms. The van der Waals surface area contributed by atoms with Crippen molar-refractivity contribution in [1.29, 1.82) is 0 Å². The van der Waals surface area contributed by atoms with Crippen LogP contribution in [0.4, 0.5) is 11.4 Å². The van der Waals surface area contributed by atoms with Gasteiger partial charge in [0.25, 0.3) is 0 Å². The number of hydrogen-bond donors (Lipinski definition) is 0. The van der Waals surface area contributed by atoms with E-state index in [9.17, 15) is 9.59 Å². The number of allylic oxidation sites excluding steroid dienone is 1. The van der Waals surface area contributed by atoms with Crippen molar-refractivity contribution in [1.82, 2.24) is 0 Å². The summed E-state index contributed by atoms with van der Waals surface area (Å²) in [7, 11) is 3.64. The molecular weight excluding hydrogens is 524 g/mol. The molecule has 0 aliphatic rings. The minimum atomic E-state index is -0.637. The van der Waals surface area contributed by atoms with Crippen LogP contribution in [0.3, 0.4) is 0 Å². The quantitative estimate of drug-likeness (QED) is 0.0889. The first kappa shape index (κ1) is 32.0. The molecule has 0 saturated heterocycles. The van der Waals surface area contributed by atoms with E-state index in [4.69, 9.17) is 23.4 Å². The Kier molecular flexibility index (Phi) is 13.5. The number of ketones is 1. The lowest BCUT2D eigenvalue weighted by molar-refractivity contribution is 0.00462. The number of nitrogens with zero attached hydrogens (tertiary/aromatic N) is 2. The molecule has 3 aromatic rings. The Morgan fingerprint density at radius 3 is 2.07 bits per heavy atom. The van der Waals surface area contributed by atoms with E-state index in [1.807, 2.05) is 49.5 Å². The fourth-order valence-electron chi connectivity index (χ4n) is 4.17. The van der Waals surface area contributed by atoms with Gasteiger partial charge in [0, 0.05) is 56.6 Å². The molecule has 0 unspecified atom stereocenters. The van der Waals surface area contributed by atoms with Crippen LogP contribution in [0.25, 0.3) is 17.0 Å². The average molecular weight is 567 g/mol. The number of ether oxygens (including phenoxy) is 4. The summed E-state index contributed by atoms with van der Waals surface area (Å²) in [5.74, 6) is -0.394. The van der Waals surface area contributed by atoms with Crippen molar-refractivity contribution >= 4 is 34.2 Å². The Labute approximate surface area is 242 Å². The summed E-state index contributed by atoms with van der Waals surface area (Å²) in [6, 6.07) is 15.1. The van der Waals surface area contributed by atoms with Gasteiger partial charge in [-0.1, -0.05) is 18.2 Å². The molecule has 0 aliphatic heterocycles. The normalized spacial score (nSPS) is 11.4. The van der Waals surface area contributed by atoms with E-state index >= 15 is 0 Å². The van der Waals surface area contributed by atoms with Crippen molar-refractivity contribution in [2.75, 3.05) is 89.8 Å². The van der Waals surface area contributed by atoms with E-state index in [-0.39, 0.29) is 5.56 Å². The van der Waals surface area contributed by atoms with Gasteiger partial charge >= 0.3 is 5.63 Å². The summed E-state index contributed by atoms with van der Waals surface area (Å²) in [6.45, 7) is 10.4. The number of carbonyl (C=O) groups is 1. The molecule has 3 rings (SSSR count). The number of rotatable bonds is 19. The van der Waals surface area contributed by atoms with Crippen molar-refractivity contribution in [3.8, 4) is 0 Å². The summed E-state index contributed by atoms with van der Waals surface area (Å²) in [6.07, 6.45) is 3.10. The number of hydrogen-bond acceptors (Lipinski definition) is 9. The zero-order valence-corrected chi connectivity index (χ0v) is 24.6. The molecule has 0 bridgehead atoms. The third-order valence-electron chi connectivity index (χ3n) is 6.62. The molecule has 9 heteroatoms. The van der Waals surface area contributed by atoms with E-state index in [1.54, 1.807) is 19.3 Å². The van der Waals surface area contributed by atoms with E-state index in [2.05, 4.69) is 23.6 Å². The van der Waals surface area contributed by atoms with Crippen LogP contribution < -0.4 is 15.4 Å². The Balaban J connectivity index is 1.45. The maximum atomic E-state index is 12.8. The van der Waals surface area contributed by atoms with Gasteiger partial charge in [-0.15, -0.1) is 0 Å². The predicted molar refractivity (Wildman–Crippen MR) is 163 cm³/mol. The lowest BCUT2D eigenvalue weighted by atomic mass is 10.1. The zero-order chi connectivity index (χ0) is 29.5. The first-order valence-electron chi connectivity index (χ1n) is 14.1. The summed E-state index contributed by atoms with van der Waals surface area (Å²) >= 11 is 0. The molecule has 0 amide bonds. The molecule has 0 N–H and O–H groups in total. The van der Waals surface area contributed by atoms with Crippen LogP contribution in [0.1, 0.15) is 29.8 Å². The number of anilines is 2. The highest BCUT2D eigenvalue weighted by Crippen LogP contribution is 2.22. The Hall–Kier alpha value is -3.50. The van der Waals surface area contributed by atoms with E-state index in [0.29, 0.717) is 57.2 Å². The van der Waals surface area contributed by atoms with Gasteiger partial charge in [0.2, 0.25) is 0 Å². The summed E-state index contributed by atoms with van der Waals surface area (Å²) < 4.78 is 26.9. The van der Waals surface area contributed by atoms with Gasteiger partial charge in [0.05, 0.1) is 46.2 Å². The van der Waals surface area contributed by atoms with Crippen molar-refractivity contribution in [2.45, 2.75) is 13.8 Å².